The minimum Gasteiger partial charge on any atom is -0.474 e. The van der Waals surface area contributed by atoms with Crippen molar-refractivity contribution in [1.29, 1.82) is 0 Å². The minimum atomic E-state index is -4.54. The zero-order chi connectivity index (χ0) is 22.1. The lowest BCUT2D eigenvalue weighted by Gasteiger charge is -2.54. The molecule has 0 unspecified atom stereocenters. The molecule has 3 rings (SSSR count). The van der Waals surface area contributed by atoms with Crippen molar-refractivity contribution < 1.29 is 36.6 Å². The van der Waals surface area contributed by atoms with E-state index >= 15 is 0 Å². The Labute approximate surface area is 171 Å². The molecule has 1 aliphatic heterocycles. The Kier molecular flexibility index (Phi) is 6.54. The average molecular weight is 436 g/mol. The third-order valence-corrected chi connectivity index (χ3v) is 6.02. The third-order valence-electron chi connectivity index (χ3n) is 6.02. The van der Waals surface area contributed by atoms with Gasteiger partial charge in [-0.1, -0.05) is 6.07 Å². The number of nitrogens with zero attached hydrogens (tertiary/aromatic N) is 2. The van der Waals surface area contributed by atoms with Gasteiger partial charge in [-0.15, -0.1) is 0 Å². The lowest BCUT2D eigenvalue weighted by atomic mass is 9.67. The summed E-state index contributed by atoms with van der Waals surface area (Å²) in [5.74, 6) is -1.60. The molecule has 2 aliphatic rings. The quantitative estimate of drug-likeness (QED) is 0.689. The summed E-state index contributed by atoms with van der Waals surface area (Å²) in [6.45, 7) is 1.63. The number of hydrogen-bond donors (Lipinski definition) is 1. The van der Waals surface area contributed by atoms with Gasteiger partial charge in [-0.3, -0.25) is 4.79 Å². The molecule has 1 aliphatic carbocycles. The Balaban J connectivity index is 1.51. The van der Waals surface area contributed by atoms with E-state index in [1.807, 2.05) is 0 Å². The maximum Gasteiger partial charge on any atom is 0.433 e. The highest BCUT2D eigenvalue weighted by atomic mass is 19.4. The number of aliphatic hydroxyl groups excluding tert-OH is 1. The molecule has 1 aromatic heterocycles. The van der Waals surface area contributed by atoms with Gasteiger partial charge in [-0.25, -0.2) is 13.8 Å². The van der Waals surface area contributed by atoms with Gasteiger partial charge in [-0.05, 0) is 38.2 Å². The van der Waals surface area contributed by atoms with Gasteiger partial charge >= 0.3 is 6.18 Å². The summed E-state index contributed by atoms with van der Waals surface area (Å²) in [5, 5.41) is 9.20. The maximum atomic E-state index is 13.0. The van der Waals surface area contributed by atoms with Crippen LogP contribution in [0.2, 0.25) is 0 Å². The molecule has 0 bridgehead atoms. The van der Waals surface area contributed by atoms with Crippen molar-refractivity contribution in [1.82, 2.24) is 9.88 Å². The number of likely N-dealkylation sites (tertiary alicyclic amines) is 1. The van der Waals surface area contributed by atoms with Crippen LogP contribution in [0.1, 0.15) is 43.4 Å². The van der Waals surface area contributed by atoms with Crippen LogP contribution in [-0.2, 0) is 11.0 Å². The highest BCUT2D eigenvalue weighted by Crippen LogP contribution is 2.45. The molecule has 2 fully saturated rings. The summed E-state index contributed by atoms with van der Waals surface area (Å²) < 4.78 is 69.8. The maximum absolute atomic E-state index is 13.0. The molecule has 1 spiro atoms. The first-order valence-corrected chi connectivity index (χ1v) is 9.92. The number of amides is 1. The molecule has 30 heavy (non-hydrogen) atoms. The molecule has 1 N–H and O–H groups in total. The summed E-state index contributed by atoms with van der Waals surface area (Å²) in [4.78, 5) is 17.4. The molecule has 1 aromatic rings. The number of hydrogen-bond acceptors (Lipinski definition) is 4. The fourth-order valence-electron chi connectivity index (χ4n) is 4.32. The summed E-state index contributed by atoms with van der Waals surface area (Å²) in [6, 6.07) is 2.76. The number of rotatable bonds is 6. The summed E-state index contributed by atoms with van der Waals surface area (Å²) in [6.07, 6.45) is -5.45. The number of carbonyl (C=O) groups excluding carboxylic acids is 1. The predicted molar refractivity (Wildman–Crippen MR) is 97.1 cm³/mol. The summed E-state index contributed by atoms with van der Waals surface area (Å²) >= 11 is 0. The van der Waals surface area contributed by atoms with Gasteiger partial charge in [0.25, 0.3) is 0 Å². The second kappa shape index (κ2) is 8.64. The van der Waals surface area contributed by atoms with Crippen LogP contribution in [0.3, 0.4) is 0 Å². The Morgan fingerprint density at radius 2 is 1.93 bits per heavy atom. The van der Waals surface area contributed by atoms with Gasteiger partial charge in [-0.2, -0.15) is 13.2 Å². The Morgan fingerprint density at radius 1 is 1.30 bits per heavy atom. The summed E-state index contributed by atoms with van der Waals surface area (Å²) in [7, 11) is 0. The standard InChI is InChI=1S/C20H25F5N2O3/c1-12-2-3-16(26-17(12)20(23,24)25)30-14-4-6-19(7-5-14)10-27(11-19)18(29)13(9-28)8-15(21)22/h2-3,13-15,28H,4-11H2,1H3/t13-/m1/s1. The number of halogens is 5. The molecular weight excluding hydrogens is 411 g/mol. The van der Waals surface area contributed by atoms with E-state index in [0.29, 0.717) is 25.9 Å². The third kappa shape index (κ3) is 5.01. The molecule has 0 radical (unpaired) electrons. The lowest BCUT2D eigenvalue weighted by Crippen LogP contribution is -2.61. The van der Waals surface area contributed by atoms with Crippen LogP contribution in [0.25, 0.3) is 0 Å². The first-order valence-electron chi connectivity index (χ1n) is 9.92. The van der Waals surface area contributed by atoms with E-state index in [-0.39, 0.29) is 23.0 Å². The number of alkyl halides is 5. The van der Waals surface area contributed by atoms with Crippen LogP contribution >= 0.6 is 0 Å². The molecule has 5 nitrogen and oxygen atoms in total. The topological polar surface area (TPSA) is 62.7 Å². The molecule has 1 amide bonds. The van der Waals surface area contributed by atoms with E-state index in [1.54, 1.807) is 0 Å². The number of pyridine rings is 1. The van der Waals surface area contributed by atoms with Crippen LogP contribution in [0.4, 0.5) is 22.0 Å². The average Bonchev–Trinajstić information content (AvgIpc) is 2.65. The van der Waals surface area contributed by atoms with E-state index in [1.165, 1.54) is 24.0 Å². The van der Waals surface area contributed by atoms with Gasteiger partial charge in [0, 0.05) is 31.0 Å². The van der Waals surface area contributed by atoms with Crippen LogP contribution in [-0.4, -0.2) is 53.1 Å². The highest BCUT2D eigenvalue weighted by Gasteiger charge is 2.48. The molecule has 1 saturated carbocycles. The largest absolute Gasteiger partial charge is 0.474 e. The van der Waals surface area contributed by atoms with Crippen molar-refractivity contribution in [3.8, 4) is 5.88 Å². The zero-order valence-electron chi connectivity index (χ0n) is 16.6. The van der Waals surface area contributed by atoms with Crippen molar-refractivity contribution in [2.75, 3.05) is 19.7 Å². The fourth-order valence-corrected chi connectivity index (χ4v) is 4.32. The second-order valence-electron chi connectivity index (χ2n) is 8.33. The van der Waals surface area contributed by atoms with Crippen LogP contribution in [0, 0.1) is 18.3 Å². The van der Waals surface area contributed by atoms with Gasteiger partial charge in [0.15, 0.2) is 5.69 Å². The molecular formula is C20H25F5N2O3. The Morgan fingerprint density at radius 3 is 2.47 bits per heavy atom. The first kappa shape index (κ1) is 22.7. The molecule has 0 aromatic carbocycles. The van der Waals surface area contributed by atoms with Crippen LogP contribution in [0.5, 0.6) is 5.88 Å². The zero-order valence-corrected chi connectivity index (χ0v) is 16.6. The first-order chi connectivity index (χ1) is 14.0. The fraction of sp³-hybridized carbons (Fsp3) is 0.700. The van der Waals surface area contributed by atoms with Gasteiger partial charge in [0.1, 0.15) is 6.10 Å². The van der Waals surface area contributed by atoms with Crippen LogP contribution in [0.15, 0.2) is 12.1 Å². The highest BCUT2D eigenvalue weighted by molar-refractivity contribution is 5.80. The normalized spacial score (nSPS) is 20.3. The SMILES string of the molecule is Cc1ccc(OC2CCC3(CC2)CN(C(=O)[C@@H](CO)CC(F)F)C3)nc1C(F)(F)F. The predicted octanol–water partition coefficient (Wildman–Crippen LogP) is 3.82. The molecule has 1 saturated heterocycles. The Hall–Kier alpha value is -1.97. The number of aryl methyl sites for hydroxylation is 1. The monoisotopic (exact) mass is 436 g/mol. The van der Waals surface area contributed by atoms with Crippen molar-refractivity contribution in [3.05, 3.63) is 23.4 Å². The van der Waals surface area contributed by atoms with E-state index in [4.69, 9.17) is 4.74 Å². The van der Waals surface area contributed by atoms with Crippen LogP contribution < -0.4 is 4.74 Å². The van der Waals surface area contributed by atoms with Crippen molar-refractivity contribution >= 4 is 5.91 Å². The smallest absolute Gasteiger partial charge is 0.433 e. The van der Waals surface area contributed by atoms with E-state index < -0.39 is 43.1 Å². The van der Waals surface area contributed by atoms with Gasteiger partial charge < -0.3 is 14.7 Å². The summed E-state index contributed by atoms with van der Waals surface area (Å²) in [5.41, 5.74) is -1.04. The Bertz CT molecular complexity index is 755. The van der Waals surface area contributed by atoms with E-state index in [0.717, 1.165) is 12.8 Å². The number of aliphatic hydroxyl groups is 1. The molecule has 10 heteroatoms. The lowest BCUT2D eigenvalue weighted by molar-refractivity contribution is -0.154. The van der Waals surface area contributed by atoms with Crippen molar-refractivity contribution in [2.24, 2.45) is 11.3 Å². The minimum absolute atomic E-state index is 0.0321. The number of aromatic nitrogens is 1. The van der Waals surface area contributed by atoms with E-state index in [2.05, 4.69) is 4.98 Å². The van der Waals surface area contributed by atoms with Gasteiger partial charge in [0.05, 0.1) is 12.5 Å². The van der Waals surface area contributed by atoms with Crippen molar-refractivity contribution in [3.63, 3.8) is 0 Å². The van der Waals surface area contributed by atoms with E-state index in [9.17, 15) is 31.9 Å². The number of carbonyl (C=O) groups is 1. The van der Waals surface area contributed by atoms with Crippen molar-refractivity contribution in [2.45, 2.75) is 57.7 Å². The molecule has 168 valence electrons. The number of ether oxygens (including phenoxy) is 1. The molecule has 1 atom stereocenters. The second-order valence-corrected chi connectivity index (χ2v) is 8.33. The molecule has 2 heterocycles. The van der Waals surface area contributed by atoms with Gasteiger partial charge in [0.2, 0.25) is 18.2 Å².